The smallest absolute Gasteiger partial charge is 0.174 e. The van der Waals surface area contributed by atoms with E-state index in [9.17, 15) is 0 Å². The predicted octanol–water partition coefficient (Wildman–Crippen LogP) is 0.325. The number of benzene rings is 2. The monoisotopic (exact) mass is 241 g/mol. The van der Waals surface area contributed by atoms with Crippen molar-refractivity contribution in [1.29, 1.82) is 0 Å². The molecule has 2 heteroatoms. The van der Waals surface area contributed by atoms with Crippen LogP contribution in [-0.4, -0.2) is 0 Å². The molecule has 0 unspecified atom stereocenters. The summed E-state index contributed by atoms with van der Waals surface area (Å²) in [5.74, 6) is 0. The minimum Gasteiger partial charge on any atom is -1.00 e. The summed E-state index contributed by atoms with van der Waals surface area (Å²) < 4.78 is 0. The topological polar surface area (TPSA) is 14.1 Å². The van der Waals surface area contributed by atoms with Crippen LogP contribution in [-0.2, 0) is 0 Å². The Balaban J connectivity index is 0.00000108. The zero-order valence-corrected chi connectivity index (χ0v) is 9.98. The molecule has 0 bridgehead atoms. The first-order valence-electron chi connectivity index (χ1n) is 5.39. The van der Waals surface area contributed by atoms with Gasteiger partial charge in [-0.25, -0.2) is 4.98 Å². The van der Waals surface area contributed by atoms with E-state index in [0.717, 1.165) is 0 Å². The molecule has 0 radical (unpaired) electrons. The van der Waals surface area contributed by atoms with E-state index < -0.39 is 0 Å². The molecule has 0 saturated heterocycles. The van der Waals surface area contributed by atoms with Gasteiger partial charge in [-0.15, -0.1) is 0 Å². The van der Waals surface area contributed by atoms with Crippen molar-refractivity contribution in [2.24, 2.45) is 0 Å². The lowest BCUT2D eigenvalue weighted by Gasteiger charge is -2.04. The molecule has 0 aliphatic rings. The molecule has 3 rings (SSSR count). The highest BCUT2D eigenvalue weighted by Gasteiger charge is 2.03. The number of hydrogen-bond acceptors (Lipinski definition) is 0. The van der Waals surface area contributed by atoms with E-state index in [0.29, 0.717) is 0 Å². The number of pyridine rings is 1. The lowest BCUT2D eigenvalue weighted by molar-refractivity contribution is -0.375. The summed E-state index contributed by atoms with van der Waals surface area (Å²) in [6, 6.07) is 19.0. The van der Waals surface area contributed by atoms with E-state index in [-0.39, 0.29) is 12.4 Å². The SMILES string of the molecule is [Cl-].c1ccc(-c2cccc3c[nH+]ccc23)cc1. The Labute approximate surface area is 107 Å². The third-order valence-corrected chi connectivity index (χ3v) is 2.81. The summed E-state index contributed by atoms with van der Waals surface area (Å²) in [7, 11) is 0. The molecule has 84 valence electrons. The molecule has 3 aromatic rings. The Hall–Kier alpha value is -1.86. The third-order valence-electron chi connectivity index (χ3n) is 2.81. The van der Waals surface area contributed by atoms with Gasteiger partial charge in [-0.3, -0.25) is 0 Å². The summed E-state index contributed by atoms with van der Waals surface area (Å²) in [6.07, 6.45) is 4.00. The van der Waals surface area contributed by atoms with Crippen molar-refractivity contribution < 1.29 is 17.4 Å². The zero-order chi connectivity index (χ0) is 10.8. The van der Waals surface area contributed by atoms with Crippen LogP contribution in [0.1, 0.15) is 0 Å². The highest BCUT2D eigenvalue weighted by atomic mass is 35.5. The molecule has 17 heavy (non-hydrogen) atoms. The Morgan fingerprint density at radius 2 is 1.59 bits per heavy atom. The number of rotatable bonds is 1. The summed E-state index contributed by atoms with van der Waals surface area (Å²) in [5, 5.41) is 2.52. The van der Waals surface area contributed by atoms with Gasteiger partial charge in [0.05, 0.1) is 0 Å². The number of aromatic amines is 1. The van der Waals surface area contributed by atoms with Crippen LogP contribution in [0.25, 0.3) is 21.9 Å². The molecule has 1 nitrogen and oxygen atoms in total. The molecule has 2 aromatic carbocycles. The normalized spacial score (nSPS) is 9.88. The Bertz CT molecular complexity index is 615. The Morgan fingerprint density at radius 1 is 0.765 bits per heavy atom. The number of halogens is 1. The second kappa shape index (κ2) is 4.98. The molecule has 0 aliphatic heterocycles. The number of aromatic nitrogens is 1. The average molecular weight is 242 g/mol. The van der Waals surface area contributed by atoms with Gasteiger partial charge in [0.2, 0.25) is 0 Å². The van der Waals surface area contributed by atoms with Crippen molar-refractivity contribution in [3.05, 3.63) is 67.0 Å². The fraction of sp³-hybridized carbons (Fsp3) is 0. The van der Waals surface area contributed by atoms with Gasteiger partial charge in [0.1, 0.15) is 0 Å². The zero-order valence-electron chi connectivity index (χ0n) is 9.23. The van der Waals surface area contributed by atoms with Crippen molar-refractivity contribution in [3.63, 3.8) is 0 Å². The number of fused-ring (bicyclic) bond motifs is 1. The van der Waals surface area contributed by atoms with Crippen molar-refractivity contribution in [1.82, 2.24) is 0 Å². The minimum atomic E-state index is 0. The fourth-order valence-corrected chi connectivity index (χ4v) is 2.03. The number of nitrogens with one attached hydrogen (secondary N) is 1. The first-order valence-corrected chi connectivity index (χ1v) is 5.39. The Morgan fingerprint density at radius 3 is 2.41 bits per heavy atom. The Kier molecular flexibility index (Phi) is 3.40. The molecule has 0 amide bonds. The first kappa shape index (κ1) is 11.6. The van der Waals surface area contributed by atoms with Gasteiger partial charge in [0.15, 0.2) is 12.4 Å². The van der Waals surface area contributed by atoms with Gasteiger partial charge in [-0.05, 0) is 17.2 Å². The van der Waals surface area contributed by atoms with Crippen LogP contribution in [0.5, 0.6) is 0 Å². The van der Waals surface area contributed by atoms with Crippen molar-refractivity contribution in [2.75, 3.05) is 0 Å². The van der Waals surface area contributed by atoms with E-state index in [1.54, 1.807) is 0 Å². The molecule has 0 fully saturated rings. The number of H-pyrrole nitrogens is 1. The maximum absolute atomic E-state index is 3.11. The maximum Gasteiger partial charge on any atom is 0.174 e. The van der Waals surface area contributed by atoms with Gasteiger partial charge < -0.3 is 12.4 Å². The summed E-state index contributed by atoms with van der Waals surface area (Å²) in [4.78, 5) is 3.11. The quantitative estimate of drug-likeness (QED) is 0.583. The van der Waals surface area contributed by atoms with Crippen LogP contribution in [0.4, 0.5) is 0 Å². The fourth-order valence-electron chi connectivity index (χ4n) is 2.03. The van der Waals surface area contributed by atoms with Crippen molar-refractivity contribution in [3.8, 4) is 11.1 Å². The second-order valence-electron chi connectivity index (χ2n) is 3.82. The largest absolute Gasteiger partial charge is 1.00 e. The molecule has 1 aromatic heterocycles. The summed E-state index contributed by atoms with van der Waals surface area (Å²) in [5.41, 5.74) is 2.55. The van der Waals surface area contributed by atoms with Crippen molar-refractivity contribution in [2.45, 2.75) is 0 Å². The van der Waals surface area contributed by atoms with E-state index in [2.05, 4.69) is 53.5 Å². The minimum absolute atomic E-state index is 0. The molecule has 1 heterocycles. The van der Waals surface area contributed by atoms with Crippen LogP contribution in [0.15, 0.2) is 67.0 Å². The summed E-state index contributed by atoms with van der Waals surface area (Å²) >= 11 is 0. The van der Waals surface area contributed by atoms with Crippen LogP contribution in [0, 0.1) is 0 Å². The second-order valence-corrected chi connectivity index (χ2v) is 3.82. The van der Waals surface area contributed by atoms with Crippen LogP contribution in [0.3, 0.4) is 0 Å². The van der Waals surface area contributed by atoms with E-state index in [4.69, 9.17) is 0 Å². The molecule has 0 spiro atoms. The van der Waals surface area contributed by atoms with Gasteiger partial charge >= 0.3 is 0 Å². The van der Waals surface area contributed by atoms with E-state index in [1.807, 2.05) is 18.5 Å². The molecular weight excluding hydrogens is 230 g/mol. The lowest BCUT2D eigenvalue weighted by atomic mass is 10.00. The van der Waals surface area contributed by atoms with Gasteiger partial charge in [0.25, 0.3) is 0 Å². The van der Waals surface area contributed by atoms with Crippen LogP contribution >= 0.6 is 0 Å². The molecule has 0 atom stereocenters. The van der Waals surface area contributed by atoms with E-state index in [1.165, 1.54) is 21.9 Å². The molecule has 0 aliphatic carbocycles. The molecule has 1 N–H and O–H groups in total. The van der Waals surface area contributed by atoms with E-state index >= 15 is 0 Å². The van der Waals surface area contributed by atoms with Crippen LogP contribution in [0.2, 0.25) is 0 Å². The highest BCUT2D eigenvalue weighted by Crippen LogP contribution is 2.26. The van der Waals surface area contributed by atoms with Gasteiger partial charge in [-0.1, -0.05) is 42.5 Å². The van der Waals surface area contributed by atoms with Gasteiger partial charge in [0, 0.05) is 16.8 Å². The molecule has 0 saturated carbocycles. The number of hydrogen-bond donors (Lipinski definition) is 0. The van der Waals surface area contributed by atoms with Gasteiger partial charge in [-0.2, -0.15) is 0 Å². The molecular formula is C15H12ClN. The first-order chi connectivity index (χ1) is 7.95. The predicted molar refractivity (Wildman–Crippen MR) is 65.9 cm³/mol. The summed E-state index contributed by atoms with van der Waals surface area (Å²) in [6.45, 7) is 0. The van der Waals surface area contributed by atoms with Crippen LogP contribution < -0.4 is 17.4 Å². The standard InChI is InChI=1S/C15H11N.ClH/c1-2-5-12(6-3-1)14-8-4-7-13-11-16-10-9-15(13)14;/h1-11H;1H. The highest BCUT2D eigenvalue weighted by molar-refractivity contribution is 5.95. The lowest BCUT2D eigenvalue weighted by Crippen LogP contribution is -3.00. The van der Waals surface area contributed by atoms with Crippen molar-refractivity contribution >= 4 is 10.8 Å². The maximum atomic E-state index is 3.11. The average Bonchev–Trinajstić information content (AvgIpc) is 2.39. The third kappa shape index (κ3) is 2.15.